The van der Waals surface area contributed by atoms with E-state index in [1.165, 1.54) is 0 Å². The highest BCUT2D eigenvalue weighted by Crippen LogP contribution is 2.40. The van der Waals surface area contributed by atoms with Gasteiger partial charge in [-0.15, -0.1) is 0 Å². The molecule has 0 aliphatic rings. The quantitative estimate of drug-likeness (QED) is 0.239. The molecule has 35 heavy (non-hydrogen) atoms. The average molecular weight is 474 g/mol. The van der Waals surface area contributed by atoms with Gasteiger partial charge < -0.3 is 23.8 Å². The van der Waals surface area contributed by atoms with Crippen molar-refractivity contribution in [3.63, 3.8) is 0 Å². The molecule has 0 aliphatic heterocycles. The molecule has 1 N–H and O–H groups in total. The number of imidazole rings is 1. The summed E-state index contributed by atoms with van der Waals surface area (Å²) < 4.78 is 19.2. The number of aromatic nitrogens is 2. The molecule has 0 fully saturated rings. The van der Waals surface area contributed by atoms with Gasteiger partial charge in [0.1, 0.15) is 17.1 Å². The lowest BCUT2D eigenvalue weighted by atomic mass is 9.96. The molecule has 2 aromatic carbocycles. The maximum atomic E-state index is 12.6. The highest BCUT2D eigenvalue weighted by molar-refractivity contribution is 6.01. The van der Waals surface area contributed by atoms with Gasteiger partial charge in [0.05, 0.1) is 26.3 Å². The minimum atomic E-state index is -0.133. The first-order valence-electron chi connectivity index (χ1n) is 11.8. The summed E-state index contributed by atoms with van der Waals surface area (Å²) in [4.78, 5) is 16.6. The van der Waals surface area contributed by atoms with Crippen LogP contribution in [0, 0.1) is 6.92 Å². The van der Waals surface area contributed by atoms with E-state index < -0.39 is 0 Å². The minimum Gasteiger partial charge on any atom is -0.496 e. The highest BCUT2D eigenvalue weighted by Gasteiger charge is 2.19. The molecule has 0 spiro atoms. The largest absolute Gasteiger partial charge is 0.496 e. The van der Waals surface area contributed by atoms with Crippen LogP contribution in [0.2, 0.25) is 0 Å². The molecule has 0 atom stereocenters. The van der Waals surface area contributed by atoms with E-state index >= 15 is 0 Å². The summed E-state index contributed by atoms with van der Waals surface area (Å²) in [6, 6.07) is 9.99. The zero-order valence-electron chi connectivity index (χ0n) is 20.6. The van der Waals surface area contributed by atoms with Crippen LogP contribution in [0.15, 0.2) is 65.8 Å². The van der Waals surface area contributed by atoms with Crippen LogP contribution in [0.1, 0.15) is 31.4 Å². The number of furan rings is 1. The summed E-state index contributed by atoms with van der Waals surface area (Å²) in [5, 5.41) is 3.93. The number of benzene rings is 2. The molecule has 7 heteroatoms. The lowest BCUT2D eigenvalue weighted by molar-refractivity contribution is -0.116. The third kappa shape index (κ3) is 5.40. The maximum Gasteiger partial charge on any atom is 0.244 e. The Kier molecular flexibility index (Phi) is 7.55. The predicted molar refractivity (Wildman–Crippen MR) is 138 cm³/mol. The zero-order chi connectivity index (χ0) is 24.8. The Bertz CT molecular complexity index is 1320. The van der Waals surface area contributed by atoms with Gasteiger partial charge in [-0.25, -0.2) is 4.98 Å². The normalized spacial score (nSPS) is 11.6. The Hall–Kier alpha value is -4.00. The molecule has 0 radical (unpaired) electrons. The number of carbonyl (C=O) groups is 1. The van der Waals surface area contributed by atoms with Crippen LogP contribution in [0.4, 0.5) is 0 Å². The molecule has 4 aromatic rings. The maximum absolute atomic E-state index is 12.6. The molecule has 4 rings (SSSR count). The van der Waals surface area contributed by atoms with Gasteiger partial charge in [0.15, 0.2) is 0 Å². The van der Waals surface area contributed by atoms with Crippen LogP contribution < -0.4 is 14.8 Å². The average Bonchev–Trinajstić information content (AvgIpc) is 3.53. The second kappa shape index (κ2) is 11.0. The molecule has 182 valence electrons. The Morgan fingerprint density at radius 1 is 1.26 bits per heavy atom. The molecule has 0 bridgehead atoms. The molecule has 0 saturated heterocycles. The van der Waals surface area contributed by atoms with Gasteiger partial charge in [-0.3, -0.25) is 4.79 Å². The first kappa shape index (κ1) is 24.1. The number of nitrogens with zero attached hydrogens (tertiary/aromatic N) is 2. The minimum absolute atomic E-state index is 0.133. The Morgan fingerprint density at radius 3 is 2.74 bits per heavy atom. The fourth-order valence-corrected chi connectivity index (χ4v) is 4.21. The molecular weight excluding hydrogens is 442 g/mol. The number of rotatable bonds is 10. The number of hydrogen-bond acceptors (Lipinski definition) is 5. The third-order valence-electron chi connectivity index (χ3n) is 5.95. The van der Waals surface area contributed by atoms with Gasteiger partial charge in [-0.05, 0) is 56.5 Å². The molecular formula is C28H31N3O4. The lowest BCUT2D eigenvalue weighted by Gasteiger charge is -2.13. The summed E-state index contributed by atoms with van der Waals surface area (Å²) in [5.41, 5.74) is 5.35. The van der Waals surface area contributed by atoms with Crippen LogP contribution in [-0.2, 0) is 11.3 Å². The van der Waals surface area contributed by atoms with Gasteiger partial charge in [0, 0.05) is 53.6 Å². The predicted octanol–water partition coefficient (Wildman–Crippen LogP) is 5.62. The van der Waals surface area contributed by atoms with Gasteiger partial charge in [-0.1, -0.05) is 12.1 Å². The van der Waals surface area contributed by atoms with Crippen molar-refractivity contribution in [2.45, 2.75) is 33.7 Å². The van der Waals surface area contributed by atoms with E-state index in [2.05, 4.69) is 10.3 Å². The van der Waals surface area contributed by atoms with E-state index in [4.69, 9.17) is 13.9 Å². The van der Waals surface area contributed by atoms with Gasteiger partial charge in [0.2, 0.25) is 5.91 Å². The molecule has 2 heterocycles. The van der Waals surface area contributed by atoms with Gasteiger partial charge in [0.25, 0.3) is 0 Å². The number of hydrogen-bond donors (Lipinski definition) is 1. The number of carbonyl (C=O) groups excluding carboxylic acids is 1. The van der Waals surface area contributed by atoms with Crippen molar-refractivity contribution in [1.29, 1.82) is 0 Å². The second-order valence-corrected chi connectivity index (χ2v) is 8.34. The number of ether oxygens (including phenoxy) is 2. The molecule has 0 saturated carbocycles. The second-order valence-electron chi connectivity index (χ2n) is 8.34. The topological polar surface area (TPSA) is 78.5 Å². The van der Waals surface area contributed by atoms with Crippen molar-refractivity contribution < 1.29 is 18.7 Å². The van der Waals surface area contributed by atoms with Crippen LogP contribution in [-0.4, -0.2) is 35.7 Å². The fourth-order valence-electron chi connectivity index (χ4n) is 4.21. The van der Waals surface area contributed by atoms with Gasteiger partial charge in [-0.2, -0.15) is 0 Å². The zero-order valence-corrected chi connectivity index (χ0v) is 20.6. The summed E-state index contributed by atoms with van der Waals surface area (Å²) in [5.74, 6) is 1.40. The highest BCUT2D eigenvalue weighted by atomic mass is 16.5. The first-order chi connectivity index (χ1) is 17.0. The van der Waals surface area contributed by atoms with Gasteiger partial charge >= 0.3 is 0 Å². The smallest absolute Gasteiger partial charge is 0.244 e. The summed E-state index contributed by atoms with van der Waals surface area (Å²) >= 11 is 0. The van der Waals surface area contributed by atoms with Crippen molar-refractivity contribution in [3.8, 4) is 22.6 Å². The first-order valence-corrected chi connectivity index (χ1v) is 11.8. The summed E-state index contributed by atoms with van der Waals surface area (Å²) in [6.45, 7) is 7.87. The Morgan fingerprint density at radius 2 is 2.06 bits per heavy atom. The lowest BCUT2D eigenvalue weighted by Crippen LogP contribution is -2.23. The number of allylic oxidation sites excluding steroid dienone is 1. The number of fused-ring (bicyclic) bond motifs is 1. The van der Waals surface area contributed by atoms with Crippen molar-refractivity contribution >= 4 is 22.4 Å². The molecule has 0 aliphatic carbocycles. The monoisotopic (exact) mass is 473 g/mol. The van der Waals surface area contributed by atoms with E-state index in [0.717, 1.165) is 57.5 Å². The van der Waals surface area contributed by atoms with Crippen LogP contribution in [0.3, 0.4) is 0 Å². The molecule has 1 amide bonds. The van der Waals surface area contributed by atoms with Crippen molar-refractivity contribution in [2.24, 2.45) is 0 Å². The van der Waals surface area contributed by atoms with Crippen LogP contribution in [0.25, 0.3) is 27.7 Å². The number of nitrogens with one attached hydrogen (secondary N) is 1. The molecule has 7 nitrogen and oxygen atoms in total. The number of methoxy groups -OCH3 is 1. The van der Waals surface area contributed by atoms with E-state index in [1.807, 2.05) is 61.9 Å². The SMILES string of the molecule is CCOc1ccc(-c2coc3c(C)c(OC)c(/C(C)=C/C(=O)NCCCn4ccnc4)cc23)cc1. The summed E-state index contributed by atoms with van der Waals surface area (Å²) in [7, 11) is 1.64. The summed E-state index contributed by atoms with van der Waals surface area (Å²) in [6.07, 6.45) is 9.64. The third-order valence-corrected chi connectivity index (χ3v) is 5.95. The number of aryl methyl sites for hydroxylation is 2. The van der Waals surface area contributed by atoms with Crippen molar-refractivity contribution in [1.82, 2.24) is 14.9 Å². The van der Waals surface area contributed by atoms with Crippen LogP contribution >= 0.6 is 0 Å². The van der Waals surface area contributed by atoms with Crippen molar-refractivity contribution in [3.05, 3.63) is 72.5 Å². The molecule has 0 unspecified atom stereocenters. The van der Waals surface area contributed by atoms with Crippen molar-refractivity contribution in [2.75, 3.05) is 20.3 Å². The Balaban J connectivity index is 1.58. The van der Waals surface area contributed by atoms with E-state index in [9.17, 15) is 4.79 Å². The standard InChI is InChI=1S/C28H31N3O4/c1-5-34-22-9-7-21(8-10-22)25-17-35-28-20(3)27(33-4)23(16-24(25)28)19(2)15-26(32)30-11-6-13-31-14-12-29-18-31/h7-10,12,14-18H,5-6,11,13H2,1-4H3,(H,30,32)/b19-15+. The van der Waals surface area contributed by atoms with E-state index in [0.29, 0.717) is 18.9 Å². The van der Waals surface area contributed by atoms with Crippen LogP contribution in [0.5, 0.6) is 11.5 Å². The van der Waals surface area contributed by atoms with E-state index in [1.54, 1.807) is 32.0 Å². The fraction of sp³-hybridized carbons (Fsp3) is 0.286. The number of amides is 1. The Labute approximate surface area is 205 Å². The van der Waals surface area contributed by atoms with E-state index in [-0.39, 0.29) is 5.91 Å². The molecule has 2 aromatic heterocycles.